The molecule has 0 unspecified atom stereocenters. The maximum atomic E-state index is 12.7. The summed E-state index contributed by atoms with van der Waals surface area (Å²) in [5.41, 5.74) is 1.36. The third-order valence-corrected chi connectivity index (χ3v) is 5.32. The molecule has 9 heteroatoms. The molecule has 32 heavy (non-hydrogen) atoms. The van der Waals surface area contributed by atoms with Crippen molar-refractivity contribution in [2.45, 2.75) is 19.3 Å². The molecular formula is C23H26N6O3. The van der Waals surface area contributed by atoms with Crippen molar-refractivity contribution in [1.29, 1.82) is 0 Å². The van der Waals surface area contributed by atoms with Gasteiger partial charge in [-0.1, -0.05) is 6.42 Å². The van der Waals surface area contributed by atoms with Crippen LogP contribution < -0.4 is 20.9 Å². The molecule has 0 saturated carbocycles. The van der Waals surface area contributed by atoms with Gasteiger partial charge in [0.05, 0.1) is 18.1 Å². The average molecular weight is 435 g/mol. The van der Waals surface area contributed by atoms with Crippen LogP contribution in [0.5, 0.6) is 5.75 Å². The summed E-state index contributed by atoms with van der Waals surface area (Å²) in [4.78, 5) is 38.4. The van der Waals surface area contributed by atoms with Crippen LogP contribution in [0.3, 0.4) is 0 Å². The fraction of sp³-hybridized carbons (Fsp3) is 0.304. The number of rotatable bonds is 7. The zero-order valence-corrected chi connectivity index (χ0v) is 17.9. The molecule has 3 heterocycles. The minimum atomic E-state index is -0.402. The standard InChI is InChI=1S/C23H26N6O3/c1-24-21-14-25-13-20(27-21)17-11-19(23(31)26-12-17)28-22(30)16-5-7-18(8-6-16)32-15-29-9-3-2-4-10-29/h5-8,11-14H,2-4,9-10,15H2,1H3,(H,24,27)(H,26,31)(H,28,30). The number of carbonyl (C=O) groups is 1. The van der Waals surface area contributed by atoms with Gasteiger partial charge >= 0.3 is 0 Å². The number of carbonyl (C=O) groups excluding carboxylic acids is 1. The van der Waals surface area contributed by atoms with E-state index in [1.54, 1.807) is 49.8 Å². The molecule has 166 valence electrons. The van der Waals surface area contributed by atoms with Gasteiger partial charge in [-0.15, -0.1) is 0 Å². The lowest BCUT2D eigenvalue weighted by Crippen LogP contribution is -2.33. The third kappa shape index (κ3) is 5.30. The van der Waals surface area contributed by atoms with Crippen LogP contribution in [0.15, 0.2) is 53.7 Å². The Morgan fingerprint density at radius 2 is 1.94 bits per heavy atom. The molecule has 0 atom stereocenters. The van der Waals surface area contributed by atoms with Crippen molar-refractivity contribution < 1.29 is 9.53 Å². The molecule has 0 radical (unpaired) electrons. The van der Waals surface area contributed by atoms with E-state index in [1.807, 2.05) is 0 Å². The summed E-state index contributed by atoms with van der Waals surface area (Å²) in [5, 5.41) is 5.59. The van der Waals surface area contributed by atoms with Crippen molar-refractivity contribution >= 4 is 17.4 Å². The van der Waals surface area contributed by atoms with Gasteiger partial charge in [-0.25, -0.2) is 4.98 Å². The Balaban J connectivity index is 1.42. The fourth-order valence-electron chi connectivity index (χ4n) is 3.50. The Bertz CT molecular complexity index is 1120. The second kappa shape index (κ2) is 10.1. The highest BCUT2D eigenvalue weighted by molar-refractivity contribution is 6.04. The zero-order chi connectivity index (χ0) is 22.3. The number of aromatic amines is 1. The first-order chi connectivity index (χ1) is 15.6. The van der Waals surface area contributed by atoms with Crippen molar-refractivity contribution in [3.05, 3.63) is 64.8 Å². The third-order valence-electron chi connectivity index (χ3n) is 5.32. The van der Waals surface area contributed by atoms with Gasteiger partial charge in [0.2, 0.25) is 0 Å². The molecule has 4 rings (SSSR count). The highest BCUT2D eigenvalue weighted by Crippen LogP contribution is 2.19. The molecule has 1 amide bonds. The summed E-state index contributed by atoms with van der Waals surface area (Å²) in [7, 11) is 1.75. The lowest BCUT2D eigenvalue weighted by Gasteiger charge is -2.26. The monoisotopic (exact) mass is 434 g/mol. The number of pyridine rings is 1. The van der Waals surface area contributed by atoms with Crippen LogP contribution in [0.1, 0.15) is 29.6 Å². The normalized spacial score (nSPS) is 14.0. The van der Waals surface area contributed by atoms with Gasteiger partial charge < -0.3 is 20.4 Å². The molecule has 1 aromatic carbocycles. The SMILES string of the molecule is CNc1cncc(-c2c[nH]c(=O)c(NC(=O)c3ccc(OCN4CCCCC4)cc3)c2)n1. The lowest BCUT2D eigenvalue weighted by atomic mass is 10.1. The number of amides is 1. The number of hydrogen-bond donors (Lipinski definition) is 3. The first-order valence-corrected chi connectivity index (χ1v) is 10.6. The summed E-state index contributed by atoms with van der Waals surface area (Å²) in [6.45, 7) is 2.66. The number of H-pyrrole nitrogens is 1. The molecular weight excluding hydrogens is 408 g/mol. The van der Waals surface area contributed by atoms with E-state index in [1.165, 1.54) is 25.5 Å². The molecule has 3 aromatic rings. The summed E-state index contributed by atoms with van der Waals surface area (Å²) < 4.78 is 5.82. The van der Waals surface area contributed by atoms with Crippen molar-refractivity contribution in [3.63, 3.8) is 0 Å². The maximum Gasteiger partial charge on any atom is 0.271 e. The predicted molar refractivity (Wildman–Crippen MR) is 123 cm³/mol. The number of nitrogens with one attached hydrogen (secondary N) is 3. The van der Waals surface area contributed by atoms with E-state index >= 15 is 0 Å². The average Bonchev–Trinajstić information content (AvgIpc) is 2.85. The summed E-state index contributed by atoms with van der Waals surface area (Å²) in [5.74, 6) is 0.919. The number of likely N-dealkylation sites (tertiary alicyclic amines) is 1. The highest BCUT2D eigenvalue weighted by atomic mass is 16.5. The second-order valence-electron chi connectivity index (χ2n) is 7.60. The van der Waals surface area contributed by atoms with Crippen LogP contribution in [0.25, 0.3) is 11.3 Å². The van der Waals surface area contributed by atoms with Crippen molar-refractivity contribution in [2.24, 2.45) is 0 Å². The number of hydrogen-bond acceptors (Lipinski definition) is 7. The van der Waals surface area contributed by atoms with Crippen molar-refractivity contribution in [3.8, 4) is 17.0 Å². The van der Waals surface area contributed by atoms with Crippen molar-refractivity contribution in [2.75, 3.05) is 37.5 Å². The summed E-state index contributed by atoms with van der Waals surface area (Å²) in [6, 6.07) is 8.47. The minimum absolute atomic E-state index is 0.134. The highest BCUT2D eigenvalue weighted by Gasteiger charge is 2.13. The van der Waals surface area contributed by atoms with E-state index < -0.39 is 5.56 Å². The van der Waals surface area contributed by atoms with Gasteiger partial charge in [0.25, 0.3) is 11.5 Å². The fourth-order valence-corrected chi connectivity index (χ4v) is 3.50. The first-order valence-electron chi connectivity index (χ1n) is 10.6. The number of nitrogens with zero attached hydrogens (tertiary/aromatic N) is 3. The molecule has 2 aromatic heterocycles. The zero-order valence-electron chi connectivity index (χ0n) is 17.9. The van der Waals surface area contributed by atoms with Crippen LogP contribution in [0.2, 0.25) is 0 Å². The van der Waals surface area contributed by atoms with Gasteiger partial charge in [-0.3, -0.25) is 19.5 Å². The summed E-state index contributed by atoms with van der Waals surface area (Å²) in [6.07, 6.45) is 8.41. The van der Waals surface area contributed by atoms with E-state index in [0.717, 1.165) is 13.1 Å². The Morgan fingerprint density at radius 3 is 2.69 bits per heavy atom. The smallest absolute Gasteiger partial charge is 0.271 e. The van der Waals surface area contributed by atoms with Crippen LogP contribution in [-0.2, 0) is 0 Å². The number of ether oxygens (including phenoxy) is 1. The lowest BCUT2D eigenvalue weighted by molar-refractivity contribution is 0.102. The maximum absolute atomic E-state index is 12.7. The topological polar surface area (TPSA) is 112 Å². The molecule has 3 N–H and O–H groups in total. The summed E-state index contributed by atoms with van der Waals surface area (Å²) >= 11 is 0. The van der Waals surface area contributed by atoms with Crippen molar-refractivity contribution in [1.82, 2.24) is 19.9 Å². The van der Waals surface area contributed by atoms with Gasteiger partial charge in [0.15, 0.2) is 0 Å². The van der Waals surface area contributed by atoms with E-state index in [9.17, 15) is 9.59 Å². The second-order valence-corrected chi connectivity index (χ2v) is 7.60. The van der Waals surface area contributed by atoms with Crippen LogP contribution in [0.4, 0.5) is 11.5 Å². The number of anilines is 2. The molecule has 9 nitrogen and oxygen atoms in total. The molecule has 0 spiro atoms. The van der Waals surface area contributed by atoms with Crippen LogP contribution >= 0.6 is 0 Å². The Labute approximate surface area is 185 Å². The van der Waals surface area contributed by atoms with E-state index in [0.29, 0.717) is 35.1 Å². The molecule has 1 aliphatic rings. The van der Waals surface area contributed by atoms with E-state index in [2.05, 4.69) is 30.5 Å². The van der Waals surface area contributed by atoms with Gasteiger partial charge in [-0.05, 0) is 43.2 Å². The Kier molecular flexibility index (Phi) is 6.76. The Hall–Kier alpha value is -3.72. The first kappa shape index (κ1) is 21.5. The van der Waals surface area contributed by atoms with Gasteiger partial charge in [0.1, 0.15) is 24.0 Å². The largest absolute Gasteiger partial charge is 0.478 e. The van der Waals surface area contributed by atoms with Crippen LogP contribution in [-0.4, -0.2) is 52.6 Å². The number of piperidine rings is 1. The van der Waals surface area contributed by atoms with Crippen LogP contribution in [0, 0.1) is 0 Å². The quantitative estimate of drug-likeness (QED) is 0.524. The predicted octanol–water partition coefficient (Wildman–Crippen LogP) is 2.95. The molecule has 0 bridgehead atoms. The van der Waals surface area contributed by atoms with E-state index in [4.69, 9.17) is 4.74 Å². The molecule has 1 fully saturated rings. The van der Waals surface area contributed by atoms with Gasteiger partial charge in [0, 0.05) is 37.5 Å². The van der Waals surface area contributed by atoms with E-state index in [-0.39, 0.29) is 11.6 Å². The van der Waals surface area contributed by atoms with Gasteiger partial charge in [-0.2, -0.15) is 0 Å². The minimum Gasteiger partial charge on any atom is -0.478 e. The molecule has 1 aliphatic heterocycles. The number of aromatic nitrogens is 3. The Morgan fingerprint density at radius 1 is 1.16 bits per heavy atom. The molecule has 1 saturated heterocycles. The molecule has 0 aliphatic carbocycles. The number of benzene rings is 1.